The normalized spacial score (nSPS) is 11.2. The molecule has 0 atom stereocenters. The molecule has 0 spiro atoms. The van der Waals surface area contributed by atoms with Gasteiger partial charge in [0.25, 0.3) is 0 Å². The van der Waals surface area contributed by atoms with Crippen LogP contribution in [0.3, 0.4) is 0 Å². The van der Waals surface area contributed by atoms with E-state index in [2.05, 4.69) is 60.5 Å². The molecular weight excluding hydrogens is 535 g/mol. The predicted molar refractivity (Wildman–Crippen MR) is 142 cm³/mol. The zero-order valence-electron chi connectivity index (χ0n) is 17.8. The highest BCUT2D eigenvalue weighted by molar-refractivity contribution is 14.0. The van der Waals surface area contributed by atoms with Gasteiger partial charge in [0.2, 0.25) is 0 Å². The maximum atomic E-state index is 5.83. The van der Waals surface area contributed by atoms with Gasteiger partial charge in [-0.25, -0.2) is 9.97 Å². The molecule has 0 radical (unpaired) electrons. The molecule has 0 unspecified atom stereocenters. The first-order valence-electron chi connectivity index (χ1n) is 10.2. The Morgan fingerprint density at radius 2 is 1.69 bits per heavy atom. The molecule has 0 bridgehead atoms. The fraction of sp³-hybridized carbons (Fsp3) is 0.208. The molecule has 2 aromatic carbocycles. The monoisotopic (exact) mass is 560 g/mol. The summed E-state index contributed by atoms with van der Waals surface area (Å²) in [6.45, 7) is 2.27. The Morgan fingerprint density at radius 1 is 0.938 bits per heavy atom. The summed E-state index contributed by atoms with van der Waals surface area (Å²) in [6.07, 6.45) is 4.55. The summed E-state index contributed by atoms with van der Waals surface area (Å²) in [5.41, 5.74) is 5.75. The maximum absolute atomic E-state index is 5.83. The van der Waals surface area contributed by atoms with E-state index in [0.717, 1.165) is 42.1 Å². The lowest BCUT2D eigenvalue weighted by atomic mass is 10.1. The van der Waals surface area contributed by atoms with Crippen LogP contribution in [0.1, 0.15) is 16.7 Å². The molecule has 2 N–H and O–H groups in total. The summed E-state index contributed by atoms with van der Waals surface area (Å²) in [4.78, 5) is 12.9. The number of aromatic nitrogens is 3. The highest BCUT2D eigenvalue weighted by atomic mass is 127. The molecule has 4 rings (SSSR count). The number of nitrogens with zero attached hydrogens (tertiary/aromatic N) is 4. The second-order valence-corrected chi connectivity index (χ2v) is 7.66. The number of nitrogens with one attached hydrogen (secondary N) is 2. The number of benzene rings is 2. The van der Waals surface area contributed by atoms with E-state index < -0.39 is 0 Å². The Kier molecular flexibility index (Phi) is 8.87. The molecule has 0 aliphatic heterocycles. The average molecular weight is 561 g/mol. The molecule has 0 amide bonds. The number of imidazole rings is 1. The molecule has 0 saturated carbocycles. The van der Waals surface area contributed by atoms with E-state index in [0.29, 0.717) is 11.7 Å². The lowest BCUT2D eigenvalue weighted by Crippen LogP contribution is -2.37. The summed E-state index contributed by atoms with van der Waals surface area (Å²) < 4.78 is 2.17. The van der Waals surface area contributed by atoms with E-state index in [9.17, 15) is 0 Å². The van der Waals surface area contributed by atoms with Crippen LogP contribution in [0.4, 0.5) is 0 Å². The molecule has 2 aromatic heterocycles. The molecule has 0 aliphatic rings. The van der Waals surface area contributed by atoms with Crippen LogP contribution in [0.5, 0.6) is 0 Å². The summed E-state index contributed by atoms with van der Waals surface area (Å²) in [5.74, 6) is 0.774. The molecule has 32 heavy (non-hydrogen) atoms. The minimum absolute atomic E-state index is 0. The highest BCUT2D eigenvalue weighted by Gasteiger charge is 2.03. The number of fused-ring (bicyclic) bond motifs is 1. The van der Waals surface area contributed by atoms with Crippen molar-refractivity contribution in [2.75, 3.05) is 13.6 Å². The number of aliphatic imine (C=N–C) groups is 1. The topological polar surface area (TPSA) is 67.1 Å². The number of para-hydroxylation sites is 2. The smallest absolute Gasteiger partial charge is 0.191 e. The van der Waals surface area contributed by atoms with Crippen LogP contribution in [0.25, 0.3) is 11.0 Å². The van der Waals surface area contributed by atoms with Gasteiger partial charge in [-0.1, -0.05) is 54.1 Å². The first-order chi connectivity index (χ1) is 15.2. The van der Waals surface area contributed by atoms with Gasteiger partial charge in [-0.05, 0) is 41.3 Å². The van der Waals surface area contributed by atoms with Crippen molar-refractivity contribution < 1.29 is 0 Å². The van der Waals surface area contributed by atoms with Crippen LogP contribution in [-0.2, 0) is 19.5 Å². The van der Waals surface area contributed by atoms with E-state index >= 15 is 0 Å². The van der Waals surface area contributed by atoms with E-state index in [-0.39, 0.29) is 24.0 Å². The average Bonchev–Trinajstić information content (AvgIpc) is 3.21. The quantitative estimate of drug-likeness (QED) is 0.149. The van der Waals surface area contributed by atoms with Gasteiger partial charge in [0.15, 0.2) is 5.96 Å². The van der Waals surface area contributed by atoms with E-state index in [4.69, 9.17) is 11.6 Å². The molecule has 6 nitrogen and oxygen atoms in total. The second-order valence-electron chi connectivity index (χ2n) is 7.27. The number of halogens is 2. The van der Waals surface area contributed by atoms with Crippen molar-refractivity contribution in [3.05, 3.63) is 95.0 Å². The van der Waals surface area contributed by atoms with Crippen molar-refractivity contribution in [2.24, 2.45) is 4.99 Å². The zero-order chi connectivity index (χ0) is 21.5. The second kappa shape index (κ2) is 11.8. The molecule has 166 valence electrons. The lowest BCUT2D eigenvalue weighted by molar-refractivity contribution is 0.791. The third-order valence-electron chi connectivity index (χ3n) is 5.08. The van der Waals surface area contributed by atoms with Gasteiger partial charge in [0.05, 0.1) is 17.4 Å². The first-order valence-corrected chi connectivity index (χ1v) is 10.6. The lowest BCUT2D eigenvalue weighted by Gasteiger charge is -2.12. The Balaban J connectivity index is 0.00000289. The van der Waals surface area contributed by atoms with E-state index in [1.165, 1.54) is 11.1 Å². The highest BCUT2D eigenvalue weighted by Crippen LogP contribution is 2.14. The van der Waals surface area contributed by atoms with Gasteiger partial charge < -0.3 is 15.2 Å². The molecular formula is C24H26ClIN6. The van der Waals surface area contributed by atoms with Crippen molar-refractivity contribution >= 4 is 52.6 Å². The Morgan fingerprint density at radius 3 is 2.44 bits per heavy atom. The van der Waals surface area contributed by atoms with Crippen molar-refractivity contribution in [2.45, 2.75) is 19.5 Å². The minimum atomic E-state index is 0. The number of guanidine groups is 1. The van der Waals surface area contributed by atoms with Crippen LogP contribution in [-0.4, -0.2) is 34.1 Å². The van der Waals surface area contributed by atoms with Gasteiger partial charge in [-0.15, -0.1) is 24.0 Å². The summed E-state index contributed by atoms with van der Waals surface area (Å²) in [5, 5.41) is 7.20. The zero-order valence-corrected chi connectivity index (χ0v) is 20.9. The van der Waals surface area contributed by atoms with Crippen molar-refractivity contribution in [1.29, 1.82) is 0 Å². The molecule has 4 aromatic rings. The molecule has 0 aliphatic carbocycles. The van der Waals surface area contributed by atoms with E-state index in [1.54, 1.807) is 13.2 Å². The SMILES string of the molecule is CN=C(NCCc1ccc(Cl)nc1)NCc1ccc(Cn2cnc3ccccc32)cc1.I. The fourth-order valence-electron chi connectivity index (χ4n) is 3.38. The fourth-order valence-corrected chi connectivity index (χ4v) is 3.49. The standard InChI is InChI=1S/C24H25ClN6.HI/c1-26-24(27-13-12-19-10-11-23(25)28-14-19)29-15-18-6-8-20(9-7-18)16-31-17-30-21-4-2-3-5-22(21)31;/h2-11,14,17H,12-13,15-16H2,1H3,(H2,26,27,29);1H. The van der Waals surface area contributed by atoms with Gasteiger partial charge >= 0.3 is 0 Å². The number of hydrogen-bond donors (Lipinski definition) is 2. The molecule has 8 heteroatoms. The third-order valence-corrected chi connectivity index (χ3v) is 5.31. The summed E-state index contributed by atoms with van der Waals surface area (Å²) >= 11 is 5.83. The Hall–Kier alpha value is -2.65. The Bertz CT molecular complexity index is 1160. The largest absolute Gasteiger partial charge is 0.356 e. The van der Waals surface area contributed by atoms with Crippen LogP contribution < -0.4 is 10.6 Å². The summed E-state index contributed by atoms with van der Waals surface area (Å²) in [7, 11) is 1.78. The molecule has 0 saturated heterocycles. The first kappa shape index (κ1) is 24.0. The summed E-state index contributed by atoms with van der Waals surface area (Å²) in [6, 6.07) is 20.6. The van der Waals surface area contributed by atoms with Crippen LogP contribution in [0, 0.1) is 0 Å². The number of rotatable bonds is 7. The van der Waals surface area contributed by atoms with Gasteiger partial charge in [-0.3, -0.25) is 4.99 Å². The van der Waals surface area contributed by atoms with Crippen LogP contribution in [0.2, 0.25) is 5.15 Å². The van der Waals surface area contributed by atoms with E-state index in [1.807, 2.05) is 36.7 Å². The van der Waals surface area contributed by atoms with Gasteiger partial charge in [-0.2, -0.15) is 0 Å². The van der Waals surface area contributed by atoms with Gasteiger partial charge in [0, 0.05) is 32.9 Å². The number of pyridine rings is 1. The van der Waals surface area contributed by atoms with Crippen molar-refractivity contribution in [3.63, 3.8) is 0 Å². The maximum Gasteiger partial charge on any atom is 0.191 e. The van der Waals surface area contributed by atoms with Gasteiger partial charge in [0.1, 0.15) is 5.15 Å². The molecule has 2 heterocycles. The molecule has 0 fully saturated rings. The van der Waals surface area contributed by atoms with Crippen molar-refractivity contribution in [1.82, 2.24) is 25.2 Å². The van der Waals surface area contributed by atoms with Crippen LogP contribution in [0.15, 0.2) is 78.2 Å². The van der Waals surface area contributed by atoms with Crippen LogP contribution >= 0.6 is 35.6 Å². The number of hydrogen-bond acceptors (Lipinski definition) is 3. The Labute approximate surface area is 210 Å². The predicted octanol–water partition coefficient (Wildman–Crippen LogP) is 4.66. The minimum Gasteiger partial charge on any atom is -0.356 e. The van der Waals surface area contributed by atoms with Crippen molar-refractivity contribution in [3.8, 4) is 0 Å². The third kappa shape index (κ3) is 6.43.